The van der Waals surface area contributed by atoms with E-state index in [0.717, 1.165) is 4.57 Å². The molecule has 0 aliphatic heterocycles. The number of nitriles is 2. The third kappa shape index (κ3) is 3.11. The third-order valence-corrected chi connectivity index (χ3v) is 4.25. The van der Waals surface area contributed by atoms with E-state index in [1.165, 1.54) is 7.05 Å². The molecule has 8 nitrogen and oxygen atoms in total. The van der Waals surface area contributed by atoms with Crippen LogP contribution in [0.3, 0.4) is 0 Å². The Morgan fingerprint density at radius 1 is 1.18 bits per heavy atom. The molecule has 0 saturated heterocycles. The quantitative estimate of drug-likeness (QED) is 0.674. The largest absolute Gasteiger partial charge is 0.416 e. The minimum absolute atomic E-state index is 0.0643. The summed E-state index contributed by atoms with van der Waals surface area (Å²) in [6, 6.07) is 4.69. The SMILES string of the molecule is Cn1c(-c2nc(C#N)c(C#N)[nH]2)nn(-c2c(Cl)cc(C(F)(F)F)cc2Cl)c1=O. The molecule has 0 aliphatic carbocycles. The molecular formula is C15H6Cl2F3N7O. The second-order valence-corrected chi connectivity index (χ2v) is 6.21. The molecule has 0 atom stereocenters. The molecule has 0 saturated carbocycles. The summed E-state index contributed by atoms with van der Waals surface area (Å²) in [6.45, 7) is 0. The van der Waals surface area contributed by atoms with Crippen LogP contribution in [-0.4, -0.2) is 24.3 Å². The average molecular weight is 428 g/mol. The number of aromatic amines is 1. The number of aromatic nitrogens is 5. The fraction of sp³-hybridized carbons (Fsp3) is 0.133. The Morgan fingerprint density at radius 2 is 1.79 bits per heavy atom. The number of rotatable bonds is 2. The van der Waals surface area contributed by atoms with Crippen LogP contribution < -0.4 is 5.69 Å². The number of hydrogen-bond donors (Lipinski definition) is 1. The van der Waals surface area contributed by atoms with Crippen molar-refractivity contribution in [3.05, 3.63) is 49.6 Å². The topological polar surface area (TPSA) is 116 Å². The summed E-state index contributed by atoms with van der Waals surface area (Å²) < 4.78 is 40.4. The van der Waals surface area contributed by atoms with E-state index >= 15 is 0 Å². The fourth-order valence-electron chi connectivity index (χ4n) is 2.36. The van der Waals surface area contributed by atoms with E-state index in [4.69, 9.17) is 33.7 Å². The molecule has 2 heterocycles. The highest BCUT2D eigenvalue weighted by molar-refractivity contribution is 6.37. The van der Waals surface area contributed by atoms with Gasteiger partial charge in [-0.1, -0.05) is 23.2 Å². The first-order valence-electron chi connectivity index (χ1n) is 7.21. The maximum atomic E-state index is 12.9. The van der Waals surface area contributed by atoms with Crippen LogP contribution in [0.15, 0.2) is 16.9 Å². The van der Waals surface area contributed by atoms with Gasteiger partial charge in [0.25, 0.3) is 0 Å². The standard InChI is InChI=1S/C15H6Cl2F3N7O/c1-26-13(12-23-9(4-21)10(5-22)24-12)25-27(14(26)28)11-7(16)2-6(3-8(11)17)15(18,19)20/h2-3H,1H3,(H,23,24). The van der Waals surface area contributed by atoms with Crippen molar-refractivity contribution in [3.8, 4) is 29.5 Å². The van der Waals surface area contributed by atoms with Crippen molar-refractivity contribution in [1.82, 2.24) is 24.3 Å². The zero-order valence-corrected chi connectivity index (χ0v) is 15.1. The van der Waals surface area contributed by atoms with Gasteiger partial charge in [-0.05, 0) is 12.1 Å². The van der Waals surface area contributed by atoms with E-state index in [9.17, 15) is 18.0 Å². The minimum atomic E-state index is -4.68. The Bertz CT molecular complexity index is 1190. The summed E-state index contributed by atoms with van der Waals surface area (Å²) in [6.07, 6.45) is -4.68. The van der Waals surface area contributed by atoms with E-state index in [1.807, 2.05) is 0 Å². The Hall–Kier alpha value is -3.28. The van der Waals surface area contributed by atoms with Crippen LogP contribution in [0.25, 0.3) is 17.3 Å². The van der Waals surface area contributed by atoms with E-state index < -0.39 is 27.5 Å². The summed E-state index contributed by atoms with van der Waals surface area (Å²) >= 11 is 11.9. The number of halogens is 5. The Balaban J connectivity index is 2.21. The van der Waals surface area contributed by atoms with Gasteiger partial charge in [-0.3, -0.25) is 4.57 Å². The van der Waals surface area contributed by atoms with Crippen LogP contribution in [0.2, 0.25) is 10.0 Å². The third-order valence-electron chi connectivity index (χ3n) is 3.67. The molecule has 0 fully saturated rings. The molecule has 0 amide bonds. The Kier molecular flexibility index (Phi) is 4.67. The summed E-state index contributed by atoms with van der Waals surface area (Å²) in [7, 11) is 1.31. The Labute approximate surface area is 164 Å². The molecule has 3 aromatic rings. The molecule has 0 bridgehead atoms. The number of nitrogens with zero attached hydrogens (tertiary/aromatic N) is 6. The van der Waals surface area contributed by atoms with Gasteiger partial charge in [0.1, 0.15) is 17.8 Å². The van der Waals surface area contributed by atoms with Gasteiger partial charge in [-0.2, -0.15) is 28.4 Å². The molecule has 13 heteroatoms. The zero-order valence-electron chi connectivity index (χ0n) is 13.6. The van der Waals surface area contributed by atoms with E-state index in [1.54, 1.807) is 12.1 Å². The summed E-state index contributed by atoms with van der Waals surface area (Å²) in [5.41, 5.74) is -2.46. The fourth-order valence-corrected chi connectivity index (χ4v) is 3.01. The van der Waals surface area contributed by atoms with E-state index in [0.29, 0.717) is 16.8 Å². The lowest BCUT2D eigenvalue weighted by molar-refractivity contribution is -0.137. The molecule has 3 rings (SSSR count). The van der Waals surface area contributed by atoms with E-state index in [-0.39, 0.29) is 28.7 Å². The second kappa shape index (κ2) is 6.71. The predicted molar refractivity (Wildman–Crippen MR) is 90.8 cm³/mol. The number of alkyl halides is 3. The number of benzene rings is 1. The lowest BCUT2D eigenvalue weighted by atomic mass is 10.2. The van der Waals surface area contributed by atoms with Crippen LogP contribution in [-0.2, 0) is 13.2 Å². The van der Waals surface area contributed by atoms with Crippen LogP contribution in [0.4, 0.5) is 13.2 Å². The van der Waals surface area contributed by atoms with Crippen LogP contribution >= 0.6 is 23.2 Å². The zero-order chi connectivity index (χ0) is 20.8. The maximum Gasteiger partial charge on any atom is 0.416 e. The predicted octanol–water partition coefficient (Wildman–Crippen LogP) is 3.03. The second-order valence-electron chi connectivity index (χ2n) is 5.40. The molecule has 0 radical (unpaired) electrons. The molecule has 0 unspecified atom stereocenters. The van der Waals surface area contributed by atoms with Crippen molar-refractivity contribution in [3.63, 3.8) is 0 Å². The van der Waals surface area contributed by atoms with Crippen molar-refractivity contribution >= 4 is 23.2 Å². The molecule has 1 N–H and O–H groups in total. The van der Waals surface area contributed by atoms with Crippen LogP contribution in [0.5, 0.6) is 0 Å². The number of H-pyrrole nitrogens is 1. The first-order valence-corrected chi connectivity index (χ1v) is 7.97. The van der Waals surface area contributed by atoms with Gasteiger partial charge in [0.15, 0.2) is 17.2 Å². The van der Waals surface area contributed by atoms with Gasteiger partial charge in [-0.25, -0.2) is 9.78 Å². The van der Waals surface area contributed by atoms with Crippen molar-refractivity contribution < 1.29 is 13.2 Å². The molecule has 0 aliphatic rings. The lowest BCUT2D eigenvalue weighted by Gasteiger charge is -2.11. The molecule has 2 aromatic heterocycles. The molecule has 0 spiro atoms. The van der Waals surface area contributed by atoms with Gasteiger partial charge in [0.2, 0.25) is 5.82 Å². The highest BCUT2D eigenvalue weighted by Crippen LogP contribution is 2.37. The van der Waals surface area contributed by atoms with Gasteiger partial charge < -0.3 is 4.98 Å². The number of imidazole rings is 1. The minimum Gasteiger partial charge on any atom is -0.326 e. The molecular weight excluding hydrogens is 422 g/mol. The smallest absolute Gasteiger partial charge is 0.326 e. The summed E-state index contributed by atoms with van der Waals surface area (Å²) in [4.78, 5) is 19.0. The normalized spacial score (nSPS) is 11.3. The van der Waals surface area contributed by atoms with Crippen molar-refractivity contribution in [1.29, 1.82) is 10.5 Å². The van der Waals surface area contributed by atoms with Crippen LogP contribution in [0, 0.1) is 22.7 Å². The van der Waals surface area contributed by atoms with Gasteiger partial charge >= 0.3 is 11.9 Å². The lowest BCUT2D eigenvalue weighted by Crippen LogP contribution is -2.22. The monoisotopic (exact) mass is 427 g/mol. The van der Waals surface area contributed by atoms with Gasteiger partial charge in [0, 0.05) is 7.05 Å². The van der Waals surface area contributed by atoms with Gasteiger partial charge in [0.05, 0.1) is 15.6 Å². The first-order chi connectivity index (χ1) is 13.1. The van der Waals surface area contributed by atoms with Crippen molar-refractivity contribution in [2.24, 2.45) is 7.05 Å². The van der Waals surface area contributed by atoms with Crippen molar-refractivity contribution in [2.45, 2.75) is 6.18 Å². The summed E-state index contributed by atoms with van der Waals surface area (Å²) in [5, 5.41) is 21.1. The van der Waals surface area contributed by atoms with Crippen LogP contribution in [0.1, 0.15) is 17.0 Å². The molecule has 28 heavy (non-hydrogen) atoms. The number of hydrogen-bond acceptors (Lipinski definition) is 5. The maximum absolute atomic E-state index is 12.9. The Morgan fingerprint density at radius 3 is 2.25 bits per heavy atom. The van der Waals surface area contributed by atoms with Crippen molar-refractivity contribution in [2.75, 3.05) is 0 Å². The summed E-state index contributed by atoms with van der Waals surface area (Å²) in [5.74, 6) is -0.152. The van der Waals surface area contributed by atoms with Gasteiger partial charge in [-0.15, -0.1) is 5.10 Å². The molecule has 1 aromatic carbocycles. The highest BCUT2D eigenvalue weighted by Gasteiger charge is 2.33. The number of nitrogens with one attached hydrogen (secondary N) is 1. The van der Waals surface area contributed by atoms with E-state index in [2.05, 4.69) is 15.1 Å². The first kappa shape index (κ1) is 19.5. The highest BCUT2D eigenvalue weighted by atomic mass is 35.5. The molecule has 142 valence electrons. The average Bonchev–Trinajstić information content (AvgIpc) is 3.16.